The maximum atomic E-state index is 11.8. The molecule has 1 aliphatic heterocycles. The van der Waals surface area contributed by atoms with Gasteiger partial charge in [-0.3, -0.25) is 4.79 Å². The summed E-state index contributed by atoms with van der Waals surface area (Å²) in [6, 6.07) is 9.74. The van der Waals surface area contributed by atoms with Crippen molar-refractivity contribution in [2.75, 3.05) is 18.8 Å². The van der Waals surface area contributed by atoms with Crippen molar-refractivity contribution in [3.63, 3.8) is 0 Å². The molecule has 1 amide bonds. The molecule has 0 radical (unpaired) electrons. The van der Waals surface area contributed by atoms with Crippen LogP contribution in [-0.2, 0) is 10.5 Å². The SMILES string of the molecule is N#Cc1ccccc1CSCC(=O)N1CCCC1. The molecule has 0 spiro atoms. The number of rotatable bonds is 4. The van der Waals surface area contributed by atoms with Crippen LogP contribution in [0.15, 0.2) is 24.3 Å². The molecule has 18 heavy (non-hydrogen) atoms. The van der Waals surface area contributed by atoms with Gasteiger partial charge in [-0.2, -0.15) is 5.26 Å². The number of nitriles is 1. The van der Waals surface area contributed by atoms with E-state index < -0.39 is 0 Å². The monoisotopic (exact) mass is 260 g/mol. The number of hydrogen-bond acceptors (Lipinski definition) is 3. The van der Waals surface area contributed by atoms with Gasteiger partial charge < -0.3 is 4.90 Å². The quantitative estimate of drug-likeness (QED) is 0.835. The Labute approximate surface area is 112 Å². The maximum absolute atomic E-state index is 11.8. The average Bonchev–Trinajstić information content (AvgIpc) is 2.93. The third kappa shape index (κ3) is 3.27. The van der Waals surface area contributed by atoms with Crippen LogP contribution >= 0.6 is 11.8 Å². The zero-order valence-electron chi connectivity index (χ0n) is 10.3. The van der Waals surface area contributed by atoms with Crippen molar-refractivity contribution in [3.05, 3.63) is 35.4 Å². The lowest BCUT2D eigenvalue weighted by Gasteiger charge is -2.14. The fourth-order valence-electron chi connectivity index (χ4n) is 2.06. The van der Waals surface area contributed by atoms with Crippen molar-refractivity contribution >= 4 is 17.7 Å². The highest BCUT2D eigenvalue weighted by Crippen LogP contribution is 2.17. The molecule has 0 unspecified atom stereocenters. The molecule has 0 N–H and O–H groups in total. The van der Waals surface area contributed by atoms with Crippen LogP contribution in [0.5, 0.6) is 0 Å². The average molecular weight is 260 g/mol. The fraction of sp³-hybridized carbons (Fsp3) is 0.429. The largest absolute Gasteiger partial charge is 0.342 e. The second-order valence-corrected chi connectivity index (χ2v) is 5.34. The van der Waals surface area contributed by atoms with Crippen molar-refractivity contribution in [1.82, 2.24) is 4.90 Å². The highest BCUT2D eigenvalue weighted by atomic mass is 32.2. The molecule has 1 aromatic carbocycles. The van der Waals surface area contributed by atoms with E-state index in [9.17, 15) is 4.79 Å². The Balaban J connectivity index is 1.81. The maximum Gasteiger partial charge on any atom is 0.232 e. The van der Waals surface area contributed by atoms with E-state index in [-0.39, 0.29) is 5.91 Å². The second-order valence-electron chi connectivity index (χ2n) is 4.35. The number of nitrogens with zero attached hydrogens (tertiary/aromatic N) is 2. The molecule has 0 aromatic heterocycles. The van der Waals surface area contributed by atoms with E-state index in [1.807, 2.05) is 29.2 Å². The fourth-order valence-corrected chi connectivity index (χ4v) is 2.99. The Bertz CT molecular complexity index is 461. The molecule has 4 heteroatoms. The third-order valence-corrected chi connectivity index (χ3v) is 4.05. The first-order valence-electron chi connectivity index (χ1n) is 6.15. The van der Waals surface area contributed by atoms with E-state index in [2.05, 4.69) is 6.07 Å². The minimum Gasteiger partial charge on any atom is -0.342 e. The highest BCUT2D eigenvalue weighted by molar-refractivity contribution is 7.99. The lowest BCUT2D eigenvalue weighted by atomic mass is 10.1. The summed E-state index contributed by atoms with van der Waals surface area (Å²) in [5, 5.41) is 8.97. The number of carbonyl (C=O) groups excluding carboxylic acids is 1. The minimum absolute atomic E-state index is 0.229. The molecule has 0 aliphatic carbocycles. The predicted molar refractivity (Wildman–Crippen MR) is 73.1 cm³/mol. The minimum atomic E-state index is 0.229. The van der Waals surface area contributed by atoms with Crippen molar-refractivity contribution < 1.29 is 4.79 Å². The van der Waals surface area contributed by atoms with Crippen LogP contribution in [0, 0.1) is 11.3 Å². The topological polar surface area (TPSA) is 44.1 Å². The summed E-state index contributed by atoms with van der Waals surface area (Å²) in [4.78, 5) is 13.8. The Kier molecular flexibility index (Phi) is 4.66. The van der Waals surface area contributed by atoms with Gasteiger partial charge in [0.25, 0.3) is 0 Å². The Morgan fingerprint density at radius 1 is 1.33 bits per heavy atom. The van der Waals surface area contributed by atoms with Gasteiger partial charge in [0.2, 0.25) is 5.91 Å². The Morgan fingerprint density at radius 3 is 2.78 bits per heavy atom. The number of likely N-dealkylation sites (tertiary alicyclic amines) is 1. The van der Waals surface area contributed by atoms with E-state index in [0.717, 1.165) is 37.2 Å². The molecule has 0 atom stereocenters. The molecule has 94 valence electrons. The van der Waals surface area contributed by atoms with Crippen LogP contribution in [0.4, 0.5) is 0 Å². The Morgan fingerprint density at radius 2 is 2.06 bits per heavy atom. The van der Waals surface area contributed by atoms with Gasteiger partial charge in [-0.25, -0.2) is 0 Å². The number of benzene rings is 1. The number of amides is 1. The molecular formula is C14H16N2OS. The summed E-state index contributed by atoms with van der Waals surface area (Å²) >= 11 is 1.59. The van der Waals surface area contributed by atoms with Crippen molar-refractivity contribution in [3.8, 4) is 6.07 Å². The van der Waals surface area contributed by atoms with E-state index in [1.165, 1.54) is 0 Å². The summed E-state index contributed by atoms with van der Waals surface area (Å²) < 4.78 is 0. The molecule has 1 heterocycles. The van der Waals surface area contributed by atoms with Gasteiger partial charge >= 0.3 is 0 Å². The standard InChI is InChI=1S/C14H16N2OS/c15-9-12-5-1-2-6-13(12)10-18-11-14(17)16-7-3-4-8-16/h1-2,5-6H,3-4,7-8,10-11H2. The third-order valence-electron chi connectivity index (χ3n) is 3.08. The van der Waals surface area contributed by atoms with Crippen LogP contribution in [0.1, 0.15) is 24.0 Å². The molecule has 0 bridgehead atoms. The van der Waals surface area contributed by atoms with Gasteiger partial charge in [-0.15, -0.1) is 11.8 Å². The first kappa shape index (κ1) is 13.0. The van der Waals surface area contributed by atoms with Crippen LogP contribution in [0.2, 0.25) is 0 Å². The first-order chi connectivity index (χ1) is 8.81. The van der Waals surface area contributed by atoms with E-state index in [0.29, 0.717) is 11.3 Å². The summed E-state index contributed by atoms with van der Waals surface area (Å²) in [6.07, 6.45) is 2.27. The summed E-state index contributed by atoms with van der Waals surface area (Å²) in [6.45, 7) is 1.82. The smallest absolute Gasteiger partial charge is 0.232 e. The Hall–Kier alpha value is -1.47. The van der Waals surface area contributed by atoms with Gasteiger partial charge in [0.15, 0.2) is 0 Å². The van der Waals surface area contributed by atoms with Crippen molar-refractivity contribution in [1.29, 1.82) is 5.26 Å². The lowest BCUT2D eigenvalue weighted by molar-refractivity contribution is -0.127. The zero-order valence-corrected chi connectivity index (χ0v) is 11.1. The predicted octanol–water partition coefficient (Wildman–Crippen LogP) is 2.41. The van der Waals surface area contributed by atoms with Crippen LogP contribution in [0.25, 0.3) is 0 Å². The van der Waals surface area contributed by atoms with Crippen LogP contribution in [-0.4, -0.2) is 29.6 Å². The summed E-state index contributed by atoms with van der Waals surface area (Å²) in [5.41, 5.74) is 1.72. The van der Waals surface area contributed by atoms with Crippen LogP contribution in [0.3, 0.4) is 0 Å². The molecule has 2 rings (SSSR count). The number of carbonyl (C=O) groups is 1. The molecule has 1 saturated heterocycles. The van der Waals surface area contributed by atoms with Gasteiger partial charge in [0.05, 0.1) is 17.4 Å². The number of thioether (sulfide) groups is 1. The molecule has 3 nitrogen and oxygen atoms in total. The van der Waals surface area contributed by atoms with E-state index in [1.54, 1.807) is 11.8 Å². The van der Waals surface area contributed by atoms with Gasteiger partial charge in [0, 0.05) is 18.8 Å². The van der Waals surface area contributed by atoms with Gasteiger partial charge in [-0.05, 0) is 24.5 Å². The second kappa shape index (κ2) is 6.46. The molecule has 1 aromatic rings. The zero-order chi connectivity index (χ0) is 12.8. The summed E-state index contributed by atoms with van der Waals surface area (Å²) in [7, 11) is 0. The van der Waals surface area contributed by atoms with Crippen molar-refractivity contribution in [2.24, 2.45) is 0 Å². The van der Waals surface area contributed by atoms with Crippen molar-refractivity contribution in [2.45, 2.75) is 18.6 Å². The summed E-state index contributed by atoms with van der Waals surface area (Å²) in [5.74, 6) is 1.47. The molecule has 0 saturated carbocycles. The van der Waals surface area contributed by atoms with Gasteiger partial charge in [0.1, 0.15) is 0 Å². The normalized spacial score (nSPS) is 14.5. The molecule has 1 fully saturated rings. The van der Waals surface area contributed by atoms with E-state index >= 15 is 0 Å². The lowest BCUT2D eigenvalue weighted by Crippen LogP contribution is -2.29. The number of hydrogen-bond donors (Lipinski definition) is 0. The molecular weight excluding hydrogens is 244 g/mol. The first-order valence-corrected chi connectivity index (χ1v) is 7.30. The van der Waals surface area contributed by atoms with Gasteiger partial charge in [-0.1, -0.05) is 18.2 Å². The highest BCUT2D eigenvalue weighted by Gasteiger charge is 2.17. The molecule has 1 aliphatic rings. The van der Waals surface area contributed by atoms with E-state index in [4.69, 9.17) is 5.26 Å². The van der Waals surface area contributed by atoms with Crippen LogP contribution < -0.4 is 0 Å².